The standard InChI is InChI=1S/C20H28O2/c1-13-6-8-17-18(20(17,4)5)12-15(3)19(22)9-7-14(2)11-16(21)10-13/h7,10,12,17-18H,6,8-9,11H2,1-5H3/b13-10+,14-7+,15-12+/t17-,18+/m0/s1. The fraction of sp³-hybridized carbons (Fsp3) is 0.600. The molecule has 0 aliphatic heterocycles. The number of allylic oxidation sites excluding steroid dienone is 6. The Kier molecular flexibility index (Phi) is 4.89. The minimum Gasteiger partial charge on any atom is -0.295 e. The third kappa shape index (κ3) is 3.85. The van der Waals surface area contributed by atoms with Gasteiger partial charge in [0.2, 0.25) is 0 Å². The van der Waals surface area contributed by atoms with Gasteiger partial charge in [0.05, 0.1) is 0 Å². The van der Waals surface area contributed by atoms with E-state index in [1.165, 1.54) is 5.57 Å². The molecule has 120 valence electrons. The minimum atomic E-state index is 0.148. The van der Waals surface area contributed by atoms with Gasteiger partial charge in [0, 0.05) is 12.8 Å². The second kappa shape index (κ2) is 6.36. The maximum absolute atomic E-state index is 12.2. The van der Waals surface area contributed by atoms with Crippen molar-refractivity contribution in [2.75, 3.05) is 0 Å². The van der Waals surface area contributed by atoms with Gasteiger partial charge in [-0.3, -0.25) is 9.59 Å². The van der Waals surface area contributed by atoms with E-state index in [-0.39, 0.29) is 17.0 Å². The van der Waals surface area contributed by atoms with Crippen molar-refractivity contribution in [3.63, 3.8) is 0 Å². The Morgan fingerprint density at radius 1 is 1.09 bits per heavy atom. The number of hydrogen-bond donors (Lipinski definition) is 0. The summed E-state index contributed by atoms with van der Waals surface area (Å²) in [4.78, 5) is 24.3. The summed E-state index contributed by atoms with van der Waals surface area (Å²) in [7, 11) is 0. The highest BCUT2D eigenvalue weighted by atomic mass is 16.1. The summed E-state index contributed by atoms with van der Waals surface area (Å²) in [5.41, 5.74) is 3.31. The van der Waals surface area contributed by atoms with Gasteiger partial charge >= 0.3 is 0 Å². The van der Waals surface area contributed by atoms with Crippen LogP contribution < -0.4 is 0 Å². The fourth-order valence-corrected chi connectivity index (χ4v) is 3.59. The lowest BCUT2D eigenvalue weighted by Gasteiger charge is -2.04. The van der Waals surface area contributed by atoms with Crippen LogP contribution in [0.15, 0.2) is 34.9 Å². The van der Waals surface area contributed by atoms with Gasteiger partial charge in [-0.15, -0.1) is 0 Å². The molecule has 0 saturated heterocycles. The zero-order chi connectivity index (χ0) is 16.5. The molecule has 2 rings (SSSR count). The Labute approximate surface area is 134 Å². The molecule has 0 unspecified atom stereocenters. The van der Waals surface area contributed by atoms with E-state index in [2.05, 4.69) is 26.8 Å². The van der Waals surface area contributed by atoms with E-state index >= 15 is 0 Å². The molecule has 0 radical (unpaired) electrons. The number of fused-ring (bicyclic) bond motifs is 1. The largest absolute Gasteiger partial charge is 0.295 e. The zero-order valence-electron chi connectivity index (χ0n) is 14.5. The summed E-state index contributed by atoms with van der Waals surface area (Å²) in [5.74, 6) is 1.44. The number of ketones is 2. The first kappa shape index (κ1) is 16.9. The lowest BCUT2D eigenvalue weighted by Crippen LogP contribution is -2.01. The predicted octanol–water partition coefficient (Wildman–Crippen LogP) is 4.81. The van der Waals surface area contributed by atoms with Crippen molar-refractivity contribution < 1.29 is 9.59 Å². The molecule has 1 saturated carbocycles. The Bertz CT molecular complexity index is 573. The van der Waals surface area contributed by atoms with Crippen molar-refractivity contribution in [2.24, 2.45) is 17.3 Å². The van der Waals surface area contributed by atoms with Crippen LogP contribution in [0.3, 0.4) is 0 Å². The number of carbonyl (C=O) groups excluding carboxylic acids is 2. The first-order chi connectivity index (χ1) is 10.2. The second-order valence-electron chi connectivity index (χ2n) is 7.65. The lowest BCUT2D eigenvalue weighted by atomic mass is 10.0. The van der Waals surface area contributed by atoms with E-state index in [1.54, 1.807) is 6.08 Å². The van der Waals surface area contributed by atoms with Crippen LogP contribution >= 0.6 is 0 Å². The van der Waals surface area contributed by atoms with E-state index in [9.17, 15) is 9.59 Å². The molecule has 0 N–H and O–H groups in total. The molecular weight excluding hydrogens is 272 g/mol. The highest BCUT2D eigenvalue weighted by Gasteiger charge is 2.55. The molecule has 1 fully saturated rings. The maximum atomic E-state index is 12.2. The third-order valence-corrected chi connectivity index (χ3v) is 5.35. The van der Waals surface area contributed by atoms with Crippen LogP contribution in [0.25, 0.3) is 0 Å². The summed E-state index contributed by atoms with van der Waals surface area (Å²) in [6.45, 7) is 10.5. The highest BCUT2D eigenvalue weighted by Crippen LogP contribution is 2.61. The molecule has 2 aliphatic carbocycles. The van der Waals surface area contributed by atoms with E-state index in [0.717, 1.165) is 24.0 Å². The van der Waals surface area contributed by atoms with Crippen molar-refractivity contribution >= 4 is 11.6 Å². The van der Waals surface area contributed by atoms with Crippen LogP contribution in [-0.2, 0) is 9.59 Å². The molecule has 0 heterocycles. The summed E-state index contributed by atoms with van der Waals surface area (Å²) < 4.78 is 0. The lowest BCUT2D eigenvalue weighted by molar-refractivity contribution is -0.115. The van der Waals surface area contributed by atoms with Crippen LogP contribution in [0, 0.1) is 17.3 Å². The Morgan fingerprint density at radius 2 is 1.77 bits per heavy atom. The van der Waals surface area contributed by atoms with E-state index < -0.39 is 0 Å². The Hall–Kier alpha value is -1.44. The fourth-order valence-electron chi connectivity index (χ4n) is 3.59. The van der Waals surface area contributed by atoms with Gasteiger partial charge in [0.1, 0.15) is 0 Å². The molecule has 0 spiro atoms. The van der Waals surface area contributed by atoms with Gasteiger partial charge in [-0.1, -0.05) is 37.1 Å². The molecule has 0 amide bonds. The van der Waals surface area contributed by atoms with Gasteiger partial charge in [0.25, 0.3) is 0 Å². The van der Waals surface area contributed by atoms with Crippen LogP contribution in [0.2, 0.25) is 0 Å². The average molecular weight is 300 g/mol. The number of carbonyl (C=O) groups is 2. The smallest absolute Gasteiger partial charge is 0.162 e. The van der Waals surface area contributed by atoms with E-state index in [0.29, 0.717) is 24.7 Å². The highest BCUT2D eigenvalue weighted by molar-refractivity contribution is 5.96. The predicted molar refractivity (Wildman–Crippen MR) is 90.5 cm³/mol. The second-order valence-corrected chi connectivity index (χ2v) is 7.65. The molecule has 0 aromatic heterocycles. The molecule has 22 heavy (non-hydrogen) atoms. The Morgan fingerprint density at radius 3 is 2.45 bits per heavy atom. The summed E-state index contributed by atoms with van der Waals surface area (Å²) in [6.07, 6.45) is 8.78. The van der Waals surface area contributed by atoms with Crippen molar-refractivity contribution in [3.05, 3.63) is 34.9 Å². The molecule has 2 atom stereocenters. The molecular formula is C20H28O2. The average Bonchev–Trinajstić information content (AvgIpc) is 2.92. The van der Waals surface area contributed by atoms with Gasteiger partial charge in [-0.25, -0.2) is 0 Å². The van der Waals surface area contributed by atoms with Gasteiger partial charge in [-0.2, -0.15) is 0 Å². The number of Topliss-reactive ketones (excluding diaryl/α,β-unsaturated/α-hetero) is 1. The van der Waals surface area contributed by atoms with Crippen molar-refractivity contribution in [1.29, 1.82) is 0 Å². The molecule has 2 aliphatic rings. The Balaban J connectivity index is 2.25. The molecule has 2 heteroatoms. The minimum absolute atomic E-state index is 0.148. The van der Waals surface area contributed by atoms with Crippen LogP contribution in [0.5, 0.6) is 0 Å². The number of hydrogen-bond acceptors (Lipinski definition) is 2. The van der Waals surface area contributed by atoms with Crippen molar-refractivity contribution in [2.45, 2.75) is 60.3 Å². The maximum Gasteiger partial charge on any atom is 0.162 e. The van der Waals surface area contributed by atoms with Crippen LogP contribution in [0.1, 0.15) is 60.3 Å². The SMILES string of the molecule is C/C1=C\C(=O)C/C(C)=C/CC(=O)/C(C)=C/[C@@H]2[C@H](CC1)C2(C)C. The van der Waals surface area contributed by atoms with E-state index in [4.69, 9.17) is 0 Å². The van der Waals surface area contributed by atoms with E-state index in [1.807, 2.05) is 19.9 Å². The normalized spacial score (nSPS) is 36.9. The van der Waals surface area contributed by atoms with Crippen LogP contribution in [-0.4, -0.2) is 11.6 Å². The first-order valence-electron chi connectivity index (χ1n) is 8.29. The molecule has 0 aromatic carbocycles. The van der Waals surface area contributed by atoms with Crippen molar-refractivity contribution in [3.8, 4) is 0 Å². The molecule has 0 bridgehead atoms. The molecule has 0 aromatic rings. The topological polar surface area (TPSA) is 34.1 Å². The van der Waals surface area contributed by atoms with Gasteiger partial charge < -0.3 is 0 Å². The number of rotatable bonds is 0. The quantitative estimate of drug-likeness (QED) is 0.602. The summed E-state index contributed by atoms with van der Waals surface area (Å²) in [5, 5.41) is 0. The monoisotopic (exact) mass is 300 g/mol. The van der Waals surface area contributed by atoms with Crippen molar-refractivity contribution in [1.82, 2.24) is 0 Å². The van der Waals surface area contributed by atoms with Crippen LogP contribution in [0.4, 0.5) is 0 Å². The first-order valence-corrected chi connectivity index (χ1v) is 8.29. The third-order valence-electron chi connectivity index (χ3n) is 5.35. The van der Waals surface area contributed by atoms with Gasteiger partial charge in [-0.05, 0) is 62.5 Å². The summed E-state index contributed by atoms with van der Waals surface area (Å²) >= 11 is 0. The van der Waals surface area contributed by atoms with Gasteiger partial charge in [0.15, 0.2) is 11.6 Å². The zero-order valence-corrected chi connectivity index (χ0v) is 14.5. The summed E-state index contributed by atoms with van der Waals surface area (Å²) in [6, 6.07) is 0. The molecule has 2 nitrogen and oxygen atoms in total.